The molecule has 152 valence electrons. The van der Waals surface area contributed by atoms with Crippen molar-refractivity contribution in [1.29, 1.82) is 0 Å². The average molecular weight is 389 g/mol. The smallest absolute Gasteiger partial charge is 0.311 e. The Balaban J connectivity index is 1.32. The number of carbonyl (C=O) groups excluding carboxylic acids is 2. The zero-order valence-corrected chi connectivity index (χ0v) is 16.5. The minimum atomic E-state index is -0.858. The number of methoxy groups -OCH3 is 1. The summed E-state index contributed by atoms with van der Waals surface area (Å²) in [5, 5.41) is 3.23. The molecule has 0 spiro atoms. The normalized spacial score (nSPS) is 31.3. The van der Waals surface area contributed by atoms with Crippen molar-refractivity contribution in [3.05, 3.63) is 29.6 Å². The van der Waals surface area contributed by atoms with E-state index < -0.39 is 17.9 Å². The second-order valence-corrected chi connectivity index (χ2v) is 8.96. The Morgan fingerprint density at radius 3 is 2.32 bits per heavy atom. The highest BCUT2D eigenvalue weighted by Crippen LogP contribution is 2.55. The van der Waals surface area contributed by atoms with Gasteiger partial charge in [-0.15, -0.1) is 0 Å². The zero-order chi connectivity index (χ0) is 19.9. The number of amides is 1. The van der Waals surface area contributed by atoms with E-state index in [-0.39, 0.29) is 23.6 Å². The third-order valence-corrected chi connectivity index (χ3v) is 6.67. The van der Waals surface area contributed by atoms with Crippen LogP contribution in [0.3, 0.4) is 0 Å². The van der Waals surface area contributed by atoms with Crippen LogP contribution >= 0.6 is 0 Å². The molecule has 28 heavy (non-hydrogen) atoms. The van der Waals surface area contributed by atoms with Crippen LogP contribution in [0.1, 0.15) is 51.0 Å². The molecule has 6 heteroatoms. The number of halogens is 1. The molecule has 0 aliphatic heterocycles. The van der Waals surface area contributed by atoms with E-state index in [1.165, 1.54) is 38.5 Å². The van der Waals surface area contributed by atoms with Gasteiger partial charge in [0.2, 0.25) is 0 Å². The van der Waals surface area contributed by atoms with Crippen LogP contribution in [0.2, 0.25) is 0 Å². The Hall–Kier alpha value is -2.11. The third-order valence-electron chi connectivity index (χ3n) is 6.67. The van der Waals surface area contributed by atoms with Gasteiger partial charge in [0.25, 0.3) is 5.91 Å². The lowest BCUT2D eigenvalue weighted by Crippen LogP contribution is -2.61. The maximum Gasteiger partial charge on any atom is 0.311 e. The maximum absolute atomic E-state index is 13.8. The number of nitrogens with one attached hydrogen (secondary N) is 1. The van der Waals surface area contributed by atoms with Crippen LogP contribution in [0.25, 0.3) is 0 Å². The average Bonchev–Trinajstić information content (AvgIpc) is 2.60. The number of carbonyl (C=O) groups is 2. The Kier molecular flexibility index (Phi) is 5.06. The first kappa shape index (κ1) is 19.2. The van der Waals surface area contributed by atoms with Crippen LogP contribution in [0.5, 0.6) is 5.75 Å². The molecule has 0 aromatic heterocycles. The van der Waals surface area contributed by atoms with Crippen molar-refractivity contribution in [1.82, 2.24) is 5.32 Å². The summed E-state index contributed by atoms with van der Waals surface area (Å²) < 4.78 is 24.0. The standard InChI is InChI=1S/C22H28FNO4/c1-13(28-20(25)9-14-3-4-19(27-2)18(23)8-14)21(26)24-22-10-15-5-16(11-22)7-17(6-15)12-22/h3-4,8,13,15-17H,5-7,9-12H2,1-2H3,(H,24,26)/t13-,15?,16?,17?,22?/m1/s1. The van der Waals surface area contributed by atoms with Crippen molar-refractivity contribution in [3.8, 4) is 5.75 Å². The molecule has 4 bridgehead atoms. The maximum atomic E-state index is 13.8. The van der Waals surface area contributed by atoms with Crippen molar-refractivity contribution < 1.29 is 23.5 Å². The molecule has 4 fully saturated rings. The number of hydrogen-bond acceptors (Lipinski definition) is 4. The first-order valence-corrected chi connectivity index (χ1v) is 10.2. The molecule has 1 aromatic carbocycles. The van der Waals surface area contributed by atoms with Gasteiger partial charge in [0.15, 0.2) is 17.7 Å². The molecule has 0 saturated heterocycles. The SMILES string of the molecule is COc1ccc(CC(=O)O[C@H](C)C(=O)NC23CC4CC(CC(C4)C2)C3)cc1F. The number of esters is 1. The summed E-state index contributed by atoms with van der Waals surface area (Å²) in [5.41, 5.74) is 0.378. The monoisotopic (exact) mass is 389 g/mol. The lowest BCUT2D eigenvalue weighted by molar-refractivity contribution is -0.156. The second-order valence-electron chi connectivity index (χ2n) is 8.96. The highest BCUT2D eigenvalue weighted by atomic mass is 19.1. The van der Waals surface area contributed by atoms with Gasteiger partial charge in [-0.25, -0.2) is 4.39 Å². The zero-order valence-electron chi connectivity index (χ0n) is 16.5. The molecule has 1 amide bonds. The van der Waals surface area contributed by atoms with Crippen molar-refractivity contribution >= 4 is 11.9 Å². The highest BCUT2D eigenvalue weighted by molar-refractivity contribution is 5.84. The first-order chi connectivity index (χ1) is 13.4. The Bertz CT molecular complexity index is 743. The summed E-state index contributed by atoms with van der Waals surface area (Å²) in [6.07, 6.45) is 6.12. The minimum absolute atomic E-state index is 0.0874. The fourth-order valence-electron chi connectivity index (χ4n) is 5.91. The van der Waals surface area contributed by atoms with E-state index in [1.54, 1.807) is 13.0 Å². The predicted octanol–water partition coefficient (Wildman–Crippen LogP) is 3.39. The second kappa shape index (κ2) is 7.37. The molecule has 4 saturated carbocycles. The fourth-order valence-corrected chi connectivity index (χ4v) is 5.91. The summed E-state index contributed by atoms with van der Waals surface area (Å²) >= 11 is 0. The molecule has 1 atom stereocenters. The molecule has 0 unspecified atom stereocenters. The largest absolute Gasteiger partial charge is 0.494 e. The van der Waals surface area contributed by atoms with Gasteiger partial charge >= 0.3 is 5.97 Å². The van der Waals surface area contributed by atoms with Crippen LogP contribution in [0.15, 0.2) is 18.2 Å². The van der Waals surface area contributed by atoms with E-state index >= 15 is 0 Å². The molecule has 4 aliphatic rings. The van der Waals surface area contributed by atoms with Gasteiger partial charge in [-0.2, -0.15) is 0 Å². The van der Waals surface area contributed by atoms with E-state index in [0.717, 1.165) is 37.0 Å². The Labute approximate surface area is 165 Å². The molecule has 1 N–H and O–H groups in total. The molecule has 0 radical (unpaired) electrons. The summed E-state index contributed by atoms with van der Waals surface area (Å²) in [7, 11) is 1.39. The molecule has 0 heterocycles. The lowest BCUT2D eigenvalue weighted by Gasteiger charge is -2.57. The van der Waals surface area contributed by atoms with Crippen LogP contribution in [0, 0.1) is 23.6 Å². The summed E-state index contributed by atoms with van der Waals surface area (Å²) in [6.45, 7) is 1.60. The van der Waals surface area contributed by atoms with Crippen molar-refractivity contribution in [3.63, 3.8) is 0 Å². The topological polar surface area (TPSA) is 64.6 Å². The Morgan fingerprint density at radius 1 is 1.18 bits per heavy atom. The van der Waals surface area contributed by atoms with Crippen molar-refractivity contribution in [2.45, 2.75) is 63.5 Å². The van der Waals surface area contributed by atoms with E-state index in [0.29, 0.717) is 5.56 Å². The van der Waals surface area contributed by atoms with E-state index in [2.05, 4.69) is 5.32 Å². The van der Waals surface area contributed by atoms with Gasteiger partial charge < -0.3 is 14.8 Å². The molecule has 5 rings (SSSR count). The van der Waals surface area contributed by atoms with Gasteiger partial charge in [0, 0.05) is 5.54 Å². The molecular weight excluding hydrogens is 361 g/mol. The van der Waals surface area contributed by atoms with E-state index in [9.17, 15) is 14.0 Å². The molecular formula is C22H28FNO4. The van der Waals surface area contributed by atoms with Crippen molar-refractivity contribution in [2.24, 2.45) is 17.8 Å². The molecule has 5 nitrogen and oxygen atoms in total. The first-order valence-electron chi connectivity index (χ1n) is 10.2. The third kappa shape index (κ3) is 3.87. The number of benzene rings is 1. The quantitative estimate of drug-likeness (QED) is 0.758. The highest BCUT2D eigenvalue weighted by Gasteiger charge is 2.51. The van der Waals surface area contributed by atoms with Gasteiger partial charge in [0.05, 0.1) is 13.5 Å². The number of rotatable bonds is 6. The molecule has 4 aliphatic carbocycles. The van der Waals surface area contributed by atoms with Crippen LogP contribution in [-0.2, 0) is 20.7 Å². The number of hydrogen-bond donors (Lipinski definition) is 1. The summed E-state index contributed by atoms with van der Waals surface area (Å²) in [4.78, 5) is 24.9. The van der Waals surface area contributed by atoms with Crippen LogP contribution in [-0.4, -0.2) is 30.6 Å². The lowest BCUT2D eigenvalue weighted by atomic mass is 9.53. The Morgan fingerprint density at radius 2 is 1.79 bits per heavy atom. The van der Waals surface area contributed by atoms with E-state index in [1.807, 2.05) is 0 Å². The van der Waals surface area contributed by atoms with Crippen LogP contribution in [0.4, 0.5) is 4.39 Å². The van der Waals surface area contributed by atoms with Gasteiger partial charge in [-0.3, -0.25) is 9.59 Å². The molecule has 1 aromatic rings. The van der Waals surface area contributed by atoms with Gasteiger partial charge in [-0.1, -0.05) is 6.07 Å². The predicted molar refractivity (Wildman–Crippen MR) is 101 cm³/mol. The van der Waals surface area contributed by atoms with E-state index in [4.69, 9.17) is 9.47 Å². The fraction of sp³-hybridized carbons (Fsp3) is 0.636. The number of ether oxygens (including phenoxy) is 2. The van der Waals surface area contributed by atoms with Crippen molar-refractivity contribution in [2.75, 3.05) is 7.11 Å². The van der Waals surface area contributed by atoms with Gasteiger partial charge in [0.1, 0.15) is 0 Å². The summed E-state index contributed by atoms with van der Waals surface area (Å²) in [5.74, 6) is 1.02. The summed E-state index contributed by atoms with van der Waals surface area (Å²) in [6, 6.07) is 4.34. The van der Waals surface area contributed by atoms with Gasteiger partial charge in [-0.05, 0) is 80.9 Å². The minimum Gasteiger partial charge on any atom is -0.494 e. The van der Waals surface area contributed by atoms with Crippen LogP contribution < -0.4 is 10.1 Å².